The van der Waals surface area contributed by atoms with Crippen molar-refractivity contribution in [3.8, 4) is 0 Å². The van der Waals surface area contributed by atoms with E-state index in [9.17, 15) is 5.11 Å². The van der Waals surface area contributed by atoms with Gasteiger partial charge < -0.3 is 15.7 Å². The van der Waals surface area contributed by atoms with E-state index in [4.69, 9.17) is 0 Å². The zero-order chi connectivity index (χ0) is 14.4. The summed E-state index contributed by atoms with van der Waals surface area (Å²) in [6.45, 7) is 5.56. The first kappa shape index (κ1) is 15.0. The van der Waals surface area contributed by atoms with Crippen LogP contribution in [0.1, 0.15) is 51.5 Å². The summed E-state index contributed by atoms with van der Waals surface area (Å²) in [4.78, 5) is 8.62. The second-order valence-electron chi connectivity index (χ2n) is 5.57. The minimum atomic E-state index is -0.577. The molecule has 1 heterocycles. The second-order valence-corrected chi connectivity index (χ2v) is 5.57. The maximum Gasteiger partial charge on any atom is 0.134 e. The Kier molecular flexibility index (Phi) is 5.17. The molecular weight excluding hydrogens is 252 g/mol. The van der Waals surface area contributed by atoms with Crippen LogP contribution in [-0.4, -0.2) is 33.8 Å². The first-order valence-corrected chi connectivity index (χ1v) is 7.72. The van der Waals surface area contributed by atoms with Gasteiger partial charge in [0.2, 0.25) is 0 Å². The Morgan fingerprint density at radius 3 is 2.35 bits per heavy atom. The van der Waals surface area contributed by atoms with Gasteiger partial charge in [-0.15, -0.1) is 0 Å². The molecule has 3 N–H and O–H groups in total. The van der Waals surface area contributed by atoms with Crippen LogP contribution in [0.5, 0.6) is 0 Å². The number of nitrogens with one attached hydrogen (secondary N) is 2. The van der Waals surface area contributed by atoms with Crippen LogP contribution in [0.25, 0.3) is 0 Å². The van der Waals surface area contributed by atoms with E-state index in [1.807, 2.05) is 0 Å². The molecular formula is C15H26N4O. The molecule has 0 aromatic carbocycles. The first-order valence-electron chi connectivity index (χ1n) is 7.72. The Balaban J connectivity index is 2.06. The molecule has 0 unspecified atom stereocenters. The van der Waals surface area contributed by atoms with Crippen LogP contribution in [0.4, 0.5) is 11.6 Å². The summed E-state index contributed by atoms with van der Waals surface area (Å²) in [6.07, 6.45) is 7.67. The standard InChI is InChI=1S/C15H26N4O/c1-3-12-13(16-4-2)18-11-19-14(12)17-10-15(20)8-6-5-7-9-15/h11,20H,3-10H2,1-2H3,(H2,16,17,18,19). The molecule has 0 bridgehead atoms. The van der Waals surface area contributed by atoms with Crippen molar-refractivity contribution in [3.63, 3.8) is 0 Å². The highest BCUT2D eigenvalue weighted by atomic mass is 16.3. The van der Waals surface area contributed by atoms with Crippen LogP contribution in [0.3, 0.4) is 0 Å². The molecule has 0 saturated heterocycles. The normalized spacial score (nSPS) is 17.8. The van der Waals surface area contributed by atoms with E-state index in [2.05, 4.69) is 34.4 Å². The van der Waals surface area contributed by atoms with E-state index < -0.39 is 5.60 Å². The summed E-state index contributed by atoms with van der Waals surface area (Å²) in [5.41, 5.74) is 0.515. The SMILES string of the molecule is CCNc1ncnc(NCC2(O)CCCCC2)c1CC. The third-order valence-electron chi connectivity index (χ3n) is 4.01. The molecule has 5 heteroatoms. The molecule has 1 fully saturated rings. The van der Waals surface area contributed by atoms with Crippen LogP contribution in [-0.2, 0) is 6.42 Å². The highest BCUT2D eigenvalue weighted by molar-refractivity contribution is 5.57. The fourth-order valence-electron chi connectivity index (χ4n) is 2.85. The van der Waals surface area contributed by atoms with Crippen LogP contribution < -0.4 is 10.6 Å². The number of aromatic nitrogens is 2. The van der Waals surface area contributed by atoms with Crippen molar-refractivity contribution in [1.29, 1.82) is 0 Å². The lowest BCUT2D eigenvalue weighted by atomic mass is 9.85. The van der Waals surface area contributed by atoms with E-state index in [1.165, 1.54) is 6.42 Å². The lowest BCUT2D eigenvalue weighted by molar-refractivity contribution is 0.0166. The Bertz CT molecular complexity index is 430. The molecule has 0 atom stereocenters. The van der Waals surface area contributed by atoms with Gasteiger partial charge in [0.05, 0.1) is 5.60 Å². The topological polar surface area (TPSA) is 70.1 Å². The molecule has 0 aliphatic heterocycles. The van der Waals surface area contributed by atoms with Gasteiger partial charge in [-0.1, -0.05) is 26.2 Å². The summed E-state index contributed by atoms with van der Waals surface area (Å²) in [7, 11) is 0. The number of aliphatic hydroxyl groups is 1. The van der Waals surface area contributed by atoms with Crippen LogP contribution in [0.2, 0.25) is 0 Å². The van der Waals surface area contributed by atoms with Gasteiger partial charge in [-0.05, 0) is 26.2 Å². The lowest BCUT2D eigenvalue weighted by Crippen LogP contribution is -2.39. The Morgan fingerprint density at radius 1 is 1.10 bits per heavy atom. The zero-order valence-electron chi connectivity index (χ0n) is 12.6. The van der Waals surface area contributed by atoms with Crippen molar-refractivity contribution in [2.45, 2.75) is 58.0 Å². The number of rotatable bonds is 6. The molecule has 1 aromatic rings. The van der Waals surface area contributed by atoms with E-state index in [1.54, 1.807) is 6.33 Å². The largest absolute Gasteiger partial charge is 0.388 e. The molecule has 1 aromatic heterocycles. The zero-order valence-corrected chi connectivity index (χ0v) is 12.6. The molecule has 2 rings (SSSR count). The lowest BCUT2D eigenvalue weighted by Gasteiger charge is -2.32. The van der Waals surface area contributed by atoms with Crippen molar-refractivity contribution in [2.24, 2.45) is 0 Å². The molecule has 1 saturated carbocycles. The molecule has 0 spiro atoms. The average Bonchev–Trinajstić information content (AvgIpc) is 2.46. The highest BCUT2D eigenvalue weighted by Crippen LogP contribution is 2.29. The number of hydrogen-bond donors (Lipinski definition) is 3. The number of hydrogen-bond acceptors (Lipinski definition) is 5. The Hall–Kier alpha value is -1.36. The predicted molar refractivity (Wildman–Crippen MR) is 82.1 cm³/mol. The average molecular weight is 278 g/mol. The van der Waals surface area contributed by atoms with Gasteiger partial charge in [0, 0.05) is 18.7 Å². The smallest absolute Gasteiger partial charge is 0.134 e. The first-order chi connectivity index (χ1) is 9.68. The van der Waals surface area contributed by atoms with Gasteiger partial charge in [0.1, 0.15) is 18.0 Å². The van der Waals surface area contributed by atoms with Gasteiger partial charge in [-0.2, -0.15) is 0 Å². The van der Waals surface area contributed by atoms with Gasteiger partial charge in [0.25, 0.3) is 0 Å². The Labute approximate surface area is 121 Å². The van der Waals surface area contributed by atoms with E-state index >= 15 is 0 Å². The fourth-order valence-corrected chi connectivity index (χ4v) is 2.85. The summed E-state index contributed by atoms with van der Waals surface area (Å²) in [5.74, 6) is 1.74. The minimum Gasteiger partial charge on any atom is -0.388 e. The third kappa shape index (κ3) is 3.60. The molecule has 0 radical (unpaired) electrons. The highest BCUT2D eigenvalue weighted by Gasteiger charge is 2.29. The van der Waals surface area contributed by atoms with Gasteiger partial charge >= 0.3 is 0 Å². The van der Waals surface area contributed by atoms with Crippen molar-refractivity contribution in [1.82, 2.24) is 9.97 Å². The second kappa shape index (κ2) is 6.88. The van der Waals surface area contributed by atoms with Gasteiger partial charge in [-0.25, -0.2) is 9.97 Å². The van der Waals surface area contributed by atoms with Crippen molar-refractivity contribution >= 4 is 11.6 Å². The van der Waals surface area contributed by atoms with E-state index in [-0.39, 0.29) is 0 Å². The molecule has 1 aliphatic rings. The maximum atomic E-state index is 10.5. The van der Waals surface area contributed by atoms with Gasteiger partial charge in [0.15, 0.2) is 0 Å². The van der Waals surface area contributed by atoms with Crippen molar-refractivity contribution < 1.29 is 5.11 Å². The van der Waals surface area contributed by atoms with E-state index in [0.717, 1.165) is 55.8 Å². The summed E-state index contributed by atoms with van der Waals surface area (Å²) in [5, 5.41) is 17.1. The van der Waals surface area contributed by atoms with Gasteiger partial charge in [-0.3, -0.25) is 0 Å². The van der Waals surface area contributed by atoms with Crippen molar-refractivity contribution in [3.05, 3.63) is 11.9 Å². The van der Waals surface area contributed by atoms with Crippen molar-refractivity contribution in [2.75, 3.05) is 23.7 Å². The van der Waals surface area contributed by atoms with E-state index in [0.29, 0.717) is 6.54 Å². The summed E-state index contributed by atoms with van der Waals surface area (Å²) >= 11 is 0. The molecule has 20 heavy (non-hydrogen) atoms. The molecule has 5 nitrogen and oxygen atoms in total. The quantitative estimate of drug-likeness (QED) is 0.746. The maximum absolute atomic E-state index is 10.5. The molecule has 0 amide bonds. The third-order valence-corrected chi connectivity index (χ3v) is 4.01. The number of nitrogens with zero attached hydrogens (tertiary/aromatic N) is 2. The molecule has 1 aliphatic carbocycles. The summed E-state index contributed by atoms with van der Waals surface area (Å²) in [6, 6.07) is 0. The summed E-state index contributed by atoms with van der Waals surface area (Å²) < 4.78 is 0. The minimum absolute atomic E-state index is 0.572. The van der Waals surface area contributed by atoms with Crippen LogP contribution in [0, 0.1) is 0 Å². The monoisotopic (exact) mass is 278 g/mol. The Morgan fingerprint density at radius 2 is 1.75 bits per heavy atom. The fraction of sp³-hybridized carbons (Fsp3) is 0.733. The van der Waals surface area contributed by atoms with Crippen LogP contribution >= 0.6 is 0 Å². The predicted octanol–water partition coefficient (Wildman–Crippen LogP) is 2.58. The number of anilines is 2. The van der Waals surface area contributed by atoms with Crippen LogP contribution in [0.15, 0.2) is 6.33 Å². The molecule has 112 valence electrons.